The van der Waals surface area contributed by atoms with Gasteiger partial charge in [0, 0.05) is 18.0 Å². The van der Waals surface area contributed by atoms with E-state index in [0.29, 0.717) is 29.6 Å². The zero-order chi connectivity index (χ0) is 34.4. The SMILES string of the molecule is O=C(O)NC(c1ccccc1)c1cc(OCCCCCCCCCNC[C@H](O)c2ccc(O)c3[nH]c(=O)ccc23)cc(-c2ccccc2)c1. The number of aromatic hydroxyl groups is 1. The topological polar surface area (TPSA) is 144 Å². The fourth-order valence-electron chi connectivity index (χ4n) is 6.12. The molecular weight excluding hydrogens is 618 g/mol. The molecule has 1 heterocycles. The number of phenolic OH excluding ortho intramolecular Hbond substituents is 1. The normalized spacial score (nSPS) is 12.4. The maximum atomic E-state index is 11.7. The van der Waals surface area contributed by atoms with Gasteiger partial charge in [0.25, 0.3) is 0 Å². The summed E-state index contributed by atoms with van der Waals surface area (Å²) in [5, 5.41) is 37.0. The highest BCUT2D eigenvalue weighted by Gasteiger charge is 2.19. The molecule has 0 aliphatic rings. The second-order valence-corrected chi connectivity index (χ2v) is 12.3. The average Bonchev–Trinajstić information content (AvgIpc) is 3.12. The van der Waals surface area contributed by atoms with E-state index in [1.807, 2.05) is 78.9 Å². The molecule has 0 bridgehead atoms. The molecule has 5 rings (SSSR count). The maximum absolute atomic E-state index is 11.7. The zero-order valence-electron chi connectivity index (χ0n) is 27.6. The van der Waals surface area contributed by atoms with E-state index in [1.165, 1.54) is 12.1 Å². The highest BCUT2D eigenvalue weighted by molar-refractivity contribution is 5.87. The third-order valence-electron chi connectivity index (χ3n) is 8.64. The molecule has 5 aromatic rings. The fourth-order valence-corrected chi connectivity index (χ4v) is 6.12. The molecule has 0 fully saturated rings. The molecule has 0 aliphatic heterocycles. The maximum Gasteiger partial charge on any atom is 0.405 e. The largest absolute Gasteiger partial charge is 0.506 e. The number of fused-ring (bicyclic) bond motifs is 1. The lowest BCUT2D eigenvalue weighted by Gasteiger charge is -2.20. The number of aliphatic hydroxyl groups is 1. The predicted molar refractivity (Wildman–Crippen MR) is 193 cm³/mol. The first-order valence-electron chi connectivity index (χ1n) is 17.0. The van der Waals surface area contributed by atoms with Crippen LogP contribution in [-0.4, -0.2) is 46.1 Å². The van der Waals surface area contributed by atoms with Crippen LogP contribution >= 0.6 is 0 Å². The minimum atomic E-state index is -1.09. The molecule has 0 saturated heterocycles. The molecule has 1 aromatic heterocycles. The Labute approximate surface area is 286 Å². The van der Waals surface area contributed by atoms with Crippen LogP contribution < -0.4 is 20.9 Å². The predicted octanol–water partition coefficient (Wildman–Crippen LogP) is 7.69. The molecule has 9 heteroatoms. The summed E-state index contributed by atoms with van der Waals surface area (Å²) in [6.07, 6.45) is 5.68. The van der Waals surface area contributed by atoms with Crippen LogP contribution in [0.3, 0.4) is 0 Å². The number of carboxylic acid groups (broad SMARTS) is 1. The number of benzene rings is 4. The van der Waals surface area contributed by atoms with Crippen molar-refractivity contribution in [1.82, 2.24) is 15.6 Å². The summed E-state index contributed by atoms with van der Waals surface area (Å²) >= 11 is 0. The van der Waals surface area contributed by atoms with Crippen LogP contribution in [0.4, 0.5) is 4.79 Å². The van der Waals surface area contributed by atoms with Gasteiger partial charge in [0.2, 0.25) is 5.56 Å². The fraction of sp³-hybridized carbons (Fsp3) is 0.300. The number of phenols is 1. The Morgan fingerprint density at radius 2 is 1.45 bits per heavy atom. The molecular formula is C40H45N3O6. The molecule has 256 valence electrons. The molecule has 2 atom stereocenters. The number of rotatable bonds is 18. The summed E-state index contributed by atoms with van der Waals surface area (Å²) in [7, 11) is 0. The third-order valence-corrected chi connectivity index (χ3v) is 8.64. The first-order chi connectivity index (χ1) is 23.9. The molecule has 0 saturated carbocycles. The van der Waals surface area contributed by atoms with Crippen molar-refractivity contribution in [3.05, 3.63) is 130 Å². The van der Waals surface area contributed by atoms with Gasteiger partial charge in [0.1, 0.15) is 11.5 Å². The van der Waals surface area contributed by atoms with Gasteiger partial charge in [-0.3, -0.25) is 4.79 Å². The van der Waals surface area contributed by atoms with Gasteiger partial charge in [0.15, 0.2) is 0 Å². The Hall–Kier alpha value is -5.12. The Morgan fingerprint density at radius 3 is 2.18 bits per heavy atom. The number of aromatic nitrogens is 1. The molecule has 1 unspecified atom stereocenters. The summed E-state index contributed by atoms with van der Waals surface area (Å²) in [4.78, 5) is 26.0. The van der Waals surface area contributed by atoms with Gasteiger partial charge >= 0.3 is 6.09 Å². The van der Waals surface area contributed by atoms with Crippen molar-refractivity contribution in [1.29, 1.82) is 0 Å². The van der Waals surface area contributed by atoms with Crippen molar-refractivity contribution in [3.8, 4) is 22.6 Å². The van der Waals surface area contributed by atoms with Gasteiger partial charge in [0.05, 0.1) is 24.3 Å². The number of carbonyl (C=O) groups is 1. The number of unbranched alkanes of at least 4 members (excludes halogenated alkanes) is 6. The quantitative estimate of drug-likeness (QED) is 0.0528. The molecule has 4 aromatic carbocycles. The summed E-state index contributed by atoms with van der Waals surface area (Å²) in [6, 6.07) is 31.2. The van der Waals surface area contributed by atoms with Crippen LogP contribution in [0.5, 0.6) is 11.5 Å². The van der Waals surface area contributed by atoms with Crippen LogP contribution in [-0.2, 0) is 0 Å². The molecule has 9 nitrogen and oxygen atoms in total. The molecule has 6 N–H and O–H groups in total. The van der Waals surface area contributed by atoms with Crippen LogP contribution in [0.25, 0.3) is 22.0 Å². The van der Waals surface area contributed by atoms with Crippen LogP contribution in [0, 0.1) is 0 Å². The Balaban J connectivity index is 1.03. The lowest BCUT2D eigenvalue weighted by Crippen LogP contribution is -2.27. The monoisotopic (exact) mass is 663 g/mol. The minimum Gasteiger partial charge on any atom is -0.506 e. The third kappa shape index (κ3) is 10.2. The molecule has 1 amide bonds. The van der Waals surface area contributed by atoms with Gasteiger partial charge < -0.3 is 35.7 Å². The Kier molecular flexibility index (Phi) is 12.8. The van der Waals surface area contributed by atoms with Crippen molar-refractivity contribution in [2.45, 2.75) is 57.1 Å². The van der Waals surface area contributed by atoms with Crippen LogP contribution in [0.15, 0.2) is 108 Å². The lowest BCUT2D eigenvalue weighted by atomic mass is 9.94. The zero-order valence-corrected chi connectivity index (χ0v) is 27.6. The Morgan fingerprint density at radius 1 is 0.755 bits per heavy atom. The second-order valence-electron chi connectivity index (χ2n) is 12.3. The van der Waals surface area contributed by atoms with E-state index < -0.39 is 18.2 Å². The highest BCUT2D eigenvalue weighted by Crippen LogP contribution is 2.32. The van der Waals surface area contributed by atoms with Gasteiger partial charge in [-0.05, 0) is 77.5 Å². The van der Waals surface area contributed by atoms with Crippen LogP contribution in [0.2, 0.25) is 0 Å². The standard InChI is InChI=1S/C40H45N3O6/c44-35-20-18-33(34-19-21-37(46)42-39(34)35)36(45)27-41-22-12-4-2-1-3-5-13-23-49-32-25-30(28-14-8-6-9-15-28)24-31(26-32)38(43-40(47)48)29-16-10-7-11-17-29/h6-11,14-21,24-26,36,38,41,43-45H,1-5,12-13,22-23,27H2,(H,42,46)(H,47,48)/t36-,38?/m0/s1. The van der Waals surface area contributed by atoms with Crippen molar-refractivity contribution >= 4 is 17.0 Å². The molecule has 49 heavy (non-hydrogen) atoms. The van der Waals surface area contributed by atoms with E-state index in [9.17, 15) is 24.9 Å². The second kappa shape index (κ2) is 17.9. The summed E-state index contributed by atoms with van der Waals surface area (Å²) in [5.41, 5.74) is 4.38. The number of H-pyrrole nitrogens is 1. The summed E-state index contributed by atoms with van der Waals surface area (Å²) in [5.74, 6) is 0.701. The van der Waals surface area contributed by atoms with E-state index in [-0.39, 0.29) is 11.3 Å². The van der Waals surface area contributed by atoms with E-state index in [0.717, 1.165) is 79.5 Å². The van der Waals surface area contributed by atoms with Crippen molar-refractivity contribution in [2.24, 2.45) is 0 Å². The summed E-state index contributed by atoms with van der Waals surface area (Å²) < 4.78 is 6.23. The molecule has 0 spiro atoms. The van der Waals surface area contributed by atoms with Gasteiger partial charge in [-0.2, -0.15) is 0 Å². The van der Waals surface area contributed by atoms with Crippen molar-refractivity contribution in [3.63, 3.8) is 0 Å². The number of nitrogens with one attached hydrogen (secondary N) is 3. The highest BCUT2D eigenvalue weighted by atomic mass is 16.5. The first kappa shape index (κ1) is 35.2. The number of amides is 1. The number of ether oxygens (including phenoxy) is 1. The van der Waals surface area contributed by atoms with Gasteiger partial charge in [-0.15, -0.1) is 0 Å². The number of aromatic amines is 1. The van der Waals surface area contributed by atoms with E-state index in [2.05, 4.69) is 15.6 Å². The molecule has 0 aliphatic carbocycles. The molecule has 0 radical (unpaired) electrons. The summed E-state index contributed by atoms with van der Waals surface area (Å²) in [6.45, 7) is 1.77. The number of hydrogen-bond donors (Lipinski definition) is 6. The van der Waals surface area contributed by atoms with Crippen molar-refractivity contribution < 1.29 is 24.9 Å². The number of aliphatic hydroxyl groups excluding tert-OH is 1. The van der Waals surface area contributed by atoms with E-state index in [4.69, 9.17) is 4.74 Å². The van der Waals surface area contributed by atoms with E-state index in [1.54, 1.807) is 12.1 Å². The smallest absolute Gasteiger partial charge is 0.405 e. The number of hydrogen-bond acceptors (Lipinski definition) is 6. The van der Waals surface area contributed by atoms with Gasteiger partial charge in [-0.25, -0.2) is 4.79 Å². The first-order valence-corrected chi connectivity index (χ1v) is 17.0. The van der Waals surface area contributed by atoms with Crippen molar-refractivity contribution in [2.75, 3.05) is 19.7 Å². The van der Waals surface area contributed by atoms with E-state index >= 15 is 0 Å². The van der Waals surface area contributed by atoms with Crippen LogP contribution in [0.1, 0.15) is 73.8 Å². The van der Waals surface area contributed by atoms with Gasteiger partial charge in [-0.1, -0.05) is 98.8 Å². The average molecular weight is 664 g/mol. The minimum absolute atomic E-state index is 0.0173. The Bertz CT molecular complexity index is 1840. The lowest BCUT2D eigenvalue weighted by molar-refractivity contribution is 0.176. The number of pyridine rings is 1.